The van der Waals surface area contributed by atoms with Crippen molar-refractivity contribution >= 4 is 23.4 Å². The molecule has 108 valence electrons. The summed E-state index contributed by atoms with van der Waals surface area (Å²) in [6.07, 6.45) is 0. The molecule has 1 aromatic rings. The van der Waals surface area contributed by atoms with E-state index >= 15 is 0 Å². The molecule has 0 amide bonds. The van der Waals surface area contributed by atoms with Gasteiger partial charge in [0.1, 0.15) is 0 Å². The highest BCUT2D eigenvalue weighted by Crippen LogP contribution is 2.30. The lowest BCUT2D eigenvalue weighted by molar-refractivity contribution is -0.479. The number of nitrogens with zero attached hydrogens (tertiary/aromatic N) is 2. The molecule has 0 fully saturated rings. The van der Waals surface area contributed by atoms with Crippen LogP contribution in [0.15, 0.2) is 24.3 Å². The highest BCUT2D eigenvalue weighted by molar-refractivity contribution is 8.00. The number of hydrogen-bond donors (Lipinski definition) is 0. The monoisotopic (exact) mass is 300 g/mol. The Balaban J connectivity index is 2.83. The van der Waals surface area contributed by atoms with Crippen molar-refractivity contribution in [2.24, 2.45) is 0 Å². The molecule has 0 aliphatic heterocycles. The first-order valence-electron chi connectivity index (χ1n) is 5.48. The molecule has 1 unspecified atom stereocenters. The van der Waals surface area contributed by atoms with Gasteiger partial charge in [-0.15, -0.1) is 11.8 Å². The zero-order valence-electron chi connectivity index (χ0n) is 10.6. The molecule has 1 rings (SSSR count). The van der Waals surface area contributed by atoms with E-state index in [9.17, 15) is 25.0 Å². The van der Waals surface area contributed by atoms with Gasteiger partial charge < -0.3 is 4.74 Å². The van der Waals surface area contributed by atoms with E-state index in [-0.39, 0.29) is 18.0 Å². The van der Waals surface area contributed by atoms with Crippen molar-refractivity contribution in [2.75, 3.05) is 19.4 Å². The van der Waals surface area contributed by atoms with Gasteiger partial charge in [-0.05, 0) is 5.56 Å². The smallest absolute Gasteiger partial charge is 0.315 e. The summed E-state index contributed by atoms with van der Waals surface area (Å²) >= 11 is 1.06. The quantitative estimate of drug-likeness (QED) is 0.428. The van der Waals surface area contributed by atoms with Crippen LogP contribution in [-0.4, -0.2) is 35.2 Å². The van der Waals surface area contributed by atoms with Gasteiger partial charge in [0, 0.05) is 17.1 Å². The predicted molar refractivity (Wildman–Crippen MR) is 72.2 cm³/mol. The average molecular weight is 300 g/mol. The van der Waals surface area contributed by atoms with Crippen LogP contribution in [0.25, 0.3) is 0 Å². The minimum Gasteiger partial charge on any atom is -0.468 e. The van der Waals surface area contributed by atoms with E-state index in [0.717, 1.165) is 11.8 Å². The summed E-state index contributed by atoms with van der Waals surface area (Å²) < 4.78 is 4.47. The highest BCUT2D eigenvalue weighted by Gasteiger charge is 2.20. The van der Waals surface area contributed by atoms with Crippen LogP contribution in [0, 0.1) is 20.2 Å². The summed E-state index contributed by atoms with van der Waals surface area (Å²) in [6.45, 7) is -0.376. The number of carbonyl (C=O) groups excluding carboxylic acids is 1. The Kier molecular flexibility index (Phi) is 5.91. The maximum Gasteiger partial charge on any atom is 0.315 e. The number of thioether (sulfide) groups is 1. The Bertz CT molecular complexity index is 504. The fraction of sp³-hybridized carbons (Fsp3) is 0.364. The van der Waals surface area contributed by atoms with E-state index in [4.69, 9.17) is 0 Å². The molecule has 0 radical (unpaired) electrons. The van der Waals surface area contributed by atoms with Crippen molar-refractivity contribution in [3.05, 3.63) is 50.1 Å². The minimum atomic E-state index is -0.565. The third kappa shape index (κ3) is 4.84. The highest BCUT2D eigenvalue weighted by atomic mass is 32.2. The molecular formula is C11H12N2O6S. The van der Waals surface area contributed by atoms with Crippen LogP contribution in [-0.2, 0) is 9.53 Å². The topological polar surface area (TPSA) is 113 Å². The normalized spacial score (nSPS) is 11.7. The van der Waals surface area contributed by atoms with Gasteiger partial charge in [0.2, 0.25) is 6.54 Å². The summed E-state index contributed by atoms with van der Waals surface area (Å²) in [6, 6.07) is 5.47. The number of hydrogen-bond acceptors (Lipinski definition) is 7. The lowest BCUT2D eigenvalue weighted by Gasteiger charge is -2.12. The number of esters is 1. The van der Waals surface area contributed by atoms with Gasteiger partial charge in [0.05, 0.1) is 23.0 Å². The second-order valence-corrected chi connectivity index (χ2v) is 4.93. The van der Waals surface area contributed by atoms with E-state index in [0.29, 0.717) is 5.56 Å². The van der Waals surface area contributed by atoms with Crippen molar-refractivity contribution in [1.82, 2.24) is 0 Å². The number of carbonyl (C=O) groups is 1. The van der Waals surface area contributed by atoms with Crippen molar-refractivity contribution in [1.29, 1.82) is 0 Å². The molecule has 0 aliphatic carbocycles. The second kappa shape index (κ2) is 7.43. The van der Waals surface area contributed by atoms with Gasteiger partial charge in [-0.25, -0.2) is 0 Å². The second-order valence-electron chi connectivity index (χ2n) is 3.74. The van der Waals surface area contributed by atoms with E-state index < -0.39 is 21.1 Å². The first kappa shape index (κ1) is 15.9. The zero-order valence-corrected chi connectivity index (χ0v) is 11.4. The third-order valence-electron chi connectivity index (χ3n) is 2.42. The third-order valence-corrected chi connectivity index (χ3v) is 3.65. The van der Waals surface area contributed by atoms with Crippen LogP contribution in [0.4, 0.5) is 5.69 Å². The molecule has 1 aromatic carbocycles. The van der Waals surface area contributed by atoms with E-state index in [1.54, 1.807) is 0 Å². The summed E-state index contributed by atoms with van der Waals surface area (Å²) in [5, 5.41) is 20.6. The van der Waals surface area contributed by atoms with Crippen molar-refractivity contribution in [3.8, 4) is 0 Å². The average Bonchev–Trinajstić information content (AvgIpc) is 2.42. The van der Waals surface area contributed by atoms with Crippen molar-refractivity contribution in [2.45, 2.75) is 5.25 Å². The van der Waals surface area contributed by atoms with Crippen LogP contribution in [0.5, 0.6) is 0 Å². The Morgan fingerprint density at radius 3 is 2.35 bits per heavy atom. The van der Waals surface area contributed by atoms with Crippen LogP contribution in [0.2, 0.25) is 0 Å². The van der Waals surface area contributed by atoms with Gasteiger partial charge in [0.15, 0.2) is 0 Å². The molecule has 8 nitrogen and oxygen atoms in total. The van der Waals surface area contributed by atoms with Crippen molar-refractivity contribution in [3.63, 3.8) is 0 Å². The Morgan fingerprint density at radius 2 is 1.90 bits per heavy atom. The number of nitro benzene ring substituents is 1. The lowest BCUT2D eigenvalue weighted by Crippen LogP contribution is -2.13. The molecule has 9 heteroatoms. The van der Waals surface area contributed by atoms with Gasteiger partial charge in [-0.1, -0.05) is 12.1 Å². The SMILES string of the molecule is COC(=O)CSC(C[N+](=O)[O-])c1ccc([N+](=O)[O-])cc1. The molecule has 0 spiro atoms. The molecule has 20 heavy (non-hydrogen) atoms. The number of ether oxygens (including phenoxy) is 1. The van der Waals surface area contributed by atoms with E-state index in [2.05, 4.69) is 4.74 Å². The Labute approximate surface area is 118 Å². The predicted octanol–water partition coefficient (Wildman–Crippen LogP) is 1.82. The number of non-ortho nitro benzene ring substituents is 1. The largest absolute Gasteiger partial charge is 0.468 e. The van der Waals surface area contributed by atoms with E-state index in [1.165, 1.54) is 31.4 Å². The summed E-state index contributed by atoms with van der Waals surface area (Å²) in [5.41, 5.74) is 0.466. The fourth-order valence-electron chi connectivity index (χ4n) is 1.43. The molecule has 1 atom stereocenters. The standard InChI is InChI=1S/C11H12N2O6S/c1-19-11(14)7-20-10(6-12(15)16)8-2-4-9(5-3-8)13(17)18/h2-5,10H,6-7H2,1H3. The molecule has 0 saturated heterocycles. The lowest BCUT2D eigenvalue weighted by atomic mass is 10.1. The Hall–Kier alpha value is -2.16. The van der Waals surface area contributed by atoms with Crippen LogP contribution >= 0.6 is 11.8 Å². The number of nitro groups is 2. The summed E-state index contributed by atoms with van der Waals surface area (Å²) in [7, 11) is 1.23. The number of rotatable bonds is 7. The van der Waals surface area contributed by atoms with Crippen LogP contribution < -0.4 is 0 Å². The maximum absolute atomic E-state index is 11.1. The van der Waals surface area contributed by atoms with Gasteiger partial charge in [0.25, 0.3) is 5.69 Å². The molecule has 0 heterocycles. The van der Waals surface area contributed by atoms with Gasteiger partial charge >= 0.3 is 5.97 Å². The van der Waals surface area contributed by atoms with Crippen LogP contribution in [0.1, 0.15) is 10.8 Å². The fourth-order valence-corrected chi connectivity index (χ4v) is 2.46. The first-order valence-corrected chi connectivity index (χ1v) is 6.53. The number of benzene rings is 1. The Morgan fingerprint density at radius 1 is 1.30 bits per heavy atom. The molecule has 0 saturated carbocycles. The molecular weight excluding hydrogens is 288 g/mol. The summed E-state index contributed by atoms with van der Waals surface area (Å²) in [4.78, 5) is 31.2. The van der Waals surface area contributed by atoms with Crippen molar-refractivity contribution < 1.29 is 19.4 Å². The maximum atomic E-state index is 11.1. The van der Waals surface area contributed by atoms with Gasteiger partial charge in [-0.3, -0.25) is 25.0 Å². The summed E-state index contributed by atoms with van der Waals surface area (Å²) in [5.74, 6) is -0.503. The molecule has 0 bridgehead atoms. The van der Waals surface area contributed by atoms with E-state index in [1.807, 2.05) is 0 Å². The molecule has 0 aromatic heterocycles. The van der Waals surface area contributed by atoms with Crippen LogP contribution in [0.3, 0.4) is 0 Å². The first-order chi connectivity index (χ1) is 9.43. The molecule has 0 aliphatic rings. The number of methoxy groups -OCH3 is 1. The minimum absolute atomic E-state index is 0.0218. The zero-order chi connectivity index (χ0) is 15.1. The molecule has 0 N–H and O–H groups in total. The van der Waals surface area contributed by atoms with Gasteiger partial charge in [-0.2, -0.15) is 0 Å².